The van der Waals surface area contributed by atoms with Crippen molar-refractivity contribution < 1.29 is 19.8 Å². The van der Waals surface area contributed by atoms with Crippen molar-refractivity contribution in [3.8, 4) is 0 Å². The molecular weight excluding hydrogens is 372 g/mol. The van der Waals surface area contributed by atoms with Crippen molar-refractivity contribution in [2.24, 2.45) is 11.8 Å². The van der Waals surface area contributed by atoms with E-state index in [0.29, 0.717) is 5.75 Å². The van der Waals surface area contributed by atoms with E-state index in [1.54, 1.807) is 18.3 Å². The highest BCUT2D eigenvalue weighted by molar-refractivity contribution is 8.01. The molecule has 136 valence electrons. The number of carbonyl (C=O) groups is 2. The van der Waals surface area contributed by atoms with Crippen LogP contribution in [-0.2, 0) is 9.59 Å². The number of rotatable bonds is 5. The number of thiazole rings is 1. The van der Waals surface area contributed by atoms with Gasteiger partial charge in [-0.1, -0.05) is 30.8 Å². The highest BCUT2D eigenvalue weighted by Gasteiger charge is 2.59. The van der Waals surface area contributed by atoms with Crippen molar-refractivity contribution in [2.75, 3.05) is 5.75 Å². The molecule has 0 radical (unpaired) electrons. The van der Waals surface area contributed by atoms with Crippen LogP contribution in [-0.4, -0.2) is 49.9 Å². The second-order valence-corrected chi connectivity index (χ2v) is 8.92. The molecule has 2 aliphatic heterocycles. The Kier molecular flexibility index (Phi) is 4.29. The normalized spacial score (nSPS) is 26.2. The SMILES string of the molecule is C[C@H]1C(CSc2nc3ccccc3s2)=C(C(=O)O)N2C(=O)[C@H]([C@@H](C)O)C12. The molecule has 0 bridgehead atoms. The minimum absolute atomic E-state index is 0.0815. The van der Waals surface area contributed by atoms with Crippen LogP contribution in [0.4, 0.5) is 0 Å². The Morgan fingerprint density at radius 3 is 2.81 bits per heavy atom. The summed E-state index contributed by atoms with van der Waals surface area (Å²) in [5, 5.41) is 19.5. The van der Waals surface area contributed by atoms with Crippen molar-refractivity contribution in [1.82, 2.24) is 9.88 Å². The van der Waals surface area contributed by atoms with Gasteiger partial charge in [0.25, 0.3) is 0 Å². The number of fused-ring (bicyclic) bond motifs is 2. The molecule has 0 spiro atoms. The number of carboxylic acids is 1. The molecule has 1 fully saturated rings. The summed E-state index contributed by atoms with van der Waals surface area (Å²) < 4.78 is 1.97. The summed E-state index contributed by atoms with van der Waals surface area (Å²) in [6.45, 7) is 3.52. The molecule has 2 aliphatic rings. The third-order valence-corrected chi connectivity index (χ3v) is 7.37. The largest absolute Gasteiger partial charge is 0.477 e. The van der Waals surface area contributed by atoms with Crippen LogP contribution in [0.15, 0.2) is 39.9 Å². The van der Waals surface area contributed by atoms with Gasteiger partial charge in [-0.3, -0.25) is 4.79 Å². The van der Waals surface area contributed by atoms with E-state index in [-0.39, 0.29) is 23.6 Å². The summed E-state index contributed by atoms with van der Waals surface area (Å²) in [6, 6.07) is 7.60. The van der Waals surface area contributed by atoms with E-state index in [9.17, 15) is 19.8 Å². The lowest BCUT2D eigenvalue weighted by molar-refractivity contribution is -0.163. The number of aromatic nitrogens is 1. The predicted molar refractivity (Wildman–Crippen MR) is 100.0 cm³/mol. The molecule has 1 aromatic carbocycles. The molecule has 1 aromatic heterocycles. The molecule has 2 aromatic rings. The van der Waals surface area contributed by atoms with Crippen LogP contribution in [0, 0.1) is 11.8 Å². The molecule has 1 saturated heterocycles. The van der Waals surface area contributed by atoms with Gasteiger partial charge in [-0.15, -0.1) is 11.3 Å². The molecule has 1 amide bonds. The summed E-state index contributed by atoms with van der Waals surface area (Å²) in [4.78, 5) is 30.0. The van der Waals surface area contributed by atoms with Crippen molar-refractivity contribution in [1.29, 1.82) is 0 Å². The molecule has 8 heteroatoms. The minimum atomic E-state index is -1.09. The number of hydrogen-bond acceptors (Lipinski definition) is 6. The molecular formula is C18H18N2O4S2. The Hall–Kier alpha value is -1.90. The fraction of sp³-hybridized carbons (Fsp3) is 0.389. The second-order valence-electron chi connectivity index (χ2n) is 6.67. The molecule has 4 atom stereocenters. The molecule has 0 aliphatic carbocycles. The zero-order valence-electron chi connectivity index (χ0n) is 14.2. The first-order valence-electron chi connectivity index (χ1n) is 8.36. The van der Waals surface area contributed by atoms with Crippen molar-refractivity contribution >= 4 is 45.2 Å². The maximum absolute atomic E-state index is 12.3. The second kappa shape index (κ2) is 6.37. The van der Waals surface area contributed by atoms with Crippen molar-refractivity contribution in [3.05, 3.63) is 35.5 Å². The first kappa shape index (κ1) is 17.5. The number of β-lactam (4-membered cyclic amide) rings is 1. The summed E-state index contributed by atoms with van der Waals surface area (Å²) >= 11 is 3.07. The first-order valence-corrected chi connectivity index (χ1v) is 10.2. The van der Waals surface area contributed by atoms with Crippen LogP contribution in [0.5, 0.6) is 0 Å². The number of nitrogens with zero attached hydrogens (tertiary/aromatic N) is 2. The molecule has 3 heterocycles. The van der Waals surface area contributed by atoms with Crippen LogP contribution in [0.3, 0.4) is 0 Å². The van der Waals surface area contributed by atoms with Crippen LogP contribution in [0.2, 0.25) is 0 Å². The van der Waals surface area contributed by atoms with Gasteiger partial charge in [0.2, 0.25) is 5.91 Å². The van der Waals surface area contributed by atoms with Gasteiger partial charge in [-0.2, -0.15) is 0 Å². The van der Waals surface area contributed by atoms with Crippen LogP contribution >= 0.6 is 23.1 Å². The summed E-state index contributed by atoms with van der Waals surface area (Å²) in [7, 11) is 0. The number of hydrogen-bond donors (Lipinski definition) is 2. The van der Waals surface area contributed by atoms with Gasteiger partial charge in [-0.25, -0.2) is 9.78 Å². The number of para-hydroxylation sites is 1. The summed E-state index contributed by atoms with van der Waals surface area (Å²) in [5.74, 6) is -1.54. The summed E-state index contributed by atoms with van der Waals surface area (Å²) in [5.41, 5.74) is 1.75. The van der Waals surface area contributed by atoms with Crippen LogP contribution < -0.4 is 0 Å². The lowest BCUT2D eigenvalue weighted by Gasteiger charge is -2.46. The standard InChI is InChI=1S/C18H18N2O4S2/c1-8-10(7-25-18-19-11-5-3-4-6-12(11)26-18)15(17(23)24)20-14(8)13(9(2)21)16(20)22/h3-6,8-9,13-14,21H,7H2,1-2H3,(H,23,24)/t8-,9+,13+,14?/m0/s1. The zero-order chi connectivity index (χ0) is 18.6. The lowest BCUT2D eigenvalue weighted by atomic mass is 9.78. The number of amides is 1. The van der Waals surface area contributed by atoms with Gasteiger partial charge < -0.3 is 15.1 Å². The average molecular weight is 390 g/mol. The molecule has 1 unspecified atom stereocenters. The highest BCUT2D eigenvalue weighted by atomic mass is 32.2. The van der Waals surface area contributed by atoms with Crippen LogP contribution in [0.25, 0.3) is 10.2 Å². The molecule has 26 heavy (non-hydrogen) atoms. The third kappa shape index (κ3) is 2.55. The lowest BCUT2D eigenvalue weighted by Crippen LogP contribution is -2.63. The topological polar surface area (TPSA) is 90.7 Å². The van der Waals surface area contributed by atoms with E-state index < -0.39 is 18.0 Å². The minimum Gasteiger partial charge on any atom is -0.477 e. The Labute approximate surface area is 158 Å². The molecule has 6 nitrogen and oxygen atoms in total. The van der Waals surface area contributed by atoms with E-state index in [1.165, 1.54) is 16.7 Å². The zero-order valence-corrected chi connectivity index (χ0v) is 15.9. The number of carbonyl (C=O) groups excluding carboxylic acids is 1. The average Bonchev–Trinajstić information content (AvgIpc) is 3.09. The highest BCUT2D eigenvalue weighted by Crippen LogP contribution is 2.48. The molecule has 2 N–H and O–H groups in total. The Bertz CT molecular complexity index is 903. The van der Waals surface area contributed by atoms with E-state index in [4.69, 9.17) is 0 Å². The van der Waals surface area contributed by atoms with Gasteiger partial charge in [0.05, 0.1) is 28.3 Å². The Balaban J connectivity index is 1.60. The van der Waals surface area contributed by atoms with Gasteiger partial charge in [-0.05, 0) is 24.6 Å². The van der Waals surface area contributed by atoms with Gasteiger partial charge in [0.15, 0.2) is 4.34 Å². The Morgan fingerprint density at radius 1 is 1.42 bits per heavy atom. The van der Waals surface area contributed by atoms with E-state index in [0.717, 1.165) is 20.1 Å². The third-order valence-electron chi connectivity index (χ3n) is 5.14. The van der Waals surface area contributed by atoms with Crippen molar-refractivity contribution in [3.63, 3.8) is 0 Å². The van der Waals surface area contributed by atoms with E-state index in [2.05, 4.69) is 4.98 Å². The number of carboxylic acid groups (broad SMARTS) is 1. The fourth-order valence-corrected chi connectivity index (χ4v) is 6.11. The quantitative estimate of drug-likeness (QED) is 0.602. The number of thioether (sulfide) groups is 1. The van der Waals surface area contributed by atoms with Gasteiger partial charge in [0, 0.05) is 11.7 Å². The van der Waals surface area contributed by atoms with Gasteiger partial charge in [0.1, 0.15) is 5.70 Å². The molecule has 0 saturated carbocycles. The number of aliphatic hydroxyl groups excluding tert-OH is 1. The fourth-order valence-electron chi connectivity index (χ4n) is 3.89. The maximum atomic E-state index is 12.3. The maximum Gasteiger partial charge on any atom is 0.352 e. The smallest absolute Gasteiger partial charge is 0.352 e. The number of benzene rings is 1. The van der Waals surface area contributed by atoms with Crippen molar-refractivity contribution in [2.45, 2.75) is 30.3 Å². The molecule has 4 rings (SSSR count). The number of aliphatic hydroxyl groups is 1. The predicted octanol–water partition coefficient (Wildman–Crippen LogP) is 2.58. The van der Waals surface area contributed by atoms with Crippen LogP contribution in [0.1, 0.15) is 13.8 Å². The number of aliphatic carboxylic acids is 1. The van der Waals surface area contributed by atoms with E-state index in [1.807, 2.05) is 31.2 Å². The van der Waals surface area contributed by atoms with E-state index >= 15 is 0 Å². The summed E-state index contributed by atoms with van der Waals surface area (Å²) in [6.07, 6.45) is -0.780. The monoisotopic (exact) mass is 390 g/mol. The Morgan fingerprint density at radius 2 is 2.15 bits per heavy atom. The van der Waals surface area contributed by atoms with Gasteiger partial charge >= 0.3 is 5.97 Å². The first-order chi connectivity index (χ1) is 12.4.